The van der Waals surface area contributed by atoms with Gasteiger partial charge >= 0.3 is 0 Å². The molecule has 0 unspecified atom stereocenters. The molecule has 0 N–H and O–H groups in total. The second kappa shape index (κ2) is 4.97. The van der Waals surface area contributed by atoms with Crippen LogP contribution in [0.2, 0.25) is 0 Å². The Morgan fingerprint density at radius 2 is 0.875 bits per heavy atom. The summed E-state index contributed by atoms with van der Waals surface area (Å²) in [5.41, 5.74) is 0.00373. The van der Waals surface area contributed by atoms with E-state index in [1.165, 1.54) is 24.3 Å². The number of rotatable bonds is 0. The molecule has 4 heteroatoms. The zero-order valence-corrected chi connectivity index (χ0v) is 8.10. The zero-order valence-electron chi connectivity index (χ0n) is 8.10. The smallest absolute Gasteiger partial charge is 0.136 e. The second-order valence-electron chi connectivity index (χ2n) is 2.77. The molecule has 0 aliphatic heterocycles. The van der Waals surface area contributed by atoms with E-state index < -0.39 is 0 Å². The number of nitrogens with zero attached hydrogens (tertiary/aromatic N) is 4. The molecule has 0 bridgehead atoms. The van der Waals surface area contributed by atoms with Crippen molar-refractivity contribution in [3.8, 4) is 24.3 Å². The van der Waals surface area contributed by atoms with E-state index in [9.17, 15) is 0 Å². The highest BCUT2D eigenvalue weighted by Crippen LogP contribution is 1.88. The molecule has 16 heavy (non-hydrogen) atoms. The van der Waals surface area contributed by atoms with Gasteiger partial charge in [-0.25, -0.2) is 0 Å². The lowest BCUT2D eigenvalue weighted by atomic mass is 10.2. The summed E-state index contributed by atoms with van der Waals surface area (Å²) in [6.45, 7) is 0. The van der Waals surface area contributed by atoms with Crippen LogP contribution in [0.3, 0.4) is 0 Å². The third kappa shape index (κ3) is 2.05. The third-order valence-electron chi connectivity index (χ3n) is 1.91. The maximum absolute atomic E-state index is 8.63. The third-order valence-corrected chi connectivity index (χ3v) is 1.91. The van der Waals surface area contributed by atoms with Gasteiger partial charge in [0.15, 0.2) is 0 Å². The average molecular weight is 206 g/mol. The molecular formula is C12H4N4. The van der Waals surface area contributed by atoms with Gasteiger partial charge in [-0.15, -0.1) is 0 Å². The second-order valence-corrected chi connectivity index (χ2v) is 2.77. The van der Waals surface area contributed by atoms with Gasteiger partial charge in [-0.3, -0.25) is 0 Å². The van der Waals surface area contributed by atoms with Crippen LogP contribution in [-0.2, 0) is 0 Å². The number of hydrogen-bond acceptors (Lipinski definition) is 4. The highest BCUT2D eigenvalue weighted by Gasteiger charge is 1.95. The first-order valence-corrected chi connectivity index (χ1v) is 4.22. The van der Waals surface area contributed by atoms with Crippen molar-refractivity contribution in [3.63, 3.8) is 0 Å². The Balaban J connectivity index is 3.58. The van der Waals surface area contributed by atoms with E-state index in [0.29, 0.717) is 10.4 Å². The summed E-state index contributed by atoms with van der Waals surface area (Å²) in [6.07, 6.45) is 0. The van der Waals surface area contributed by atoms with Crippen LogP contribution in [0.1, 0.15) is 0 Å². The molecule has 72 valence electrons. The van der Waals surface area contributed by atoms with E-state index in [1.807, 2.05) is 0 Å². The topological polar surface area (TPSA) is 95.2 Å². The molecule has 0 saturated heterocycles. The minimum absolute atomic E-state index is 0.00187. The Bertz CT molecular complexity index is 581. The number of hydrogen-bond donors (Lipinski definition) is 0. The predicted octanol–water partition coefficient (Wildman–Crippen LogP) is 0.0823. The summed E-state index contributed by atoms with van der Waals surface area (Å²) < 4.78 is 0. The summed E-state index contributed by atoms with van der Waals surface area (Å²) >= 11 is 0. The van der Waals surface area contributed by atoms with Crippen LogP contribution in [0, 0.1) is 45.3 Å². The van der Waals surface area contributed by atoms with Gasteiger partial charge in [0, 0.05) is 10.4 Å². The lowest BCUT2D eigenvalue weighted by molar-refractivity contribution is 1.46. The molecule has 0 fully saturated rings. The van der Waals surface area contributed by atoms with Crippen molar-refractivity contribution in [2.24, 2.45) is 0 Å². The van der Waals surface area contributed by atoms with E-state index in [0.717, 1.165) is 0 Å². The van der Waals surface area contributed by atoms with Gasteiger partial charge in [0.2, 0.25) is 0 Å². The van der Waals surface area contributed by atoms with Crippen molar-refractivity contribution in [2.75, 3.05) is 0 Å². The normalized spacial score (nSPS) is 7.75. The van der Waals surface area contributed by atoms with Gasteiger partial charge < -0.3 is 0 Å². The molecule has 1 aromatic carbocycles. The monoisotopic (exact) mass is 206 g/mol. The molecule has 0 aliphatic rings. The molecule has 0 radical (unpaired) electrons. The Kier molecular flexibility index (Phi) is 3.41. The molecule has 1 aromatic rings. The van der Waals surface area contributed by atoms with Gasteiger partial charge in [0.05, 0.1) is 0 Å². The maximum Gasteiger partial charge on any atom is 0.136 e. The fourth-order valence-electron chi connectivity index (χ4n) is 1.11. The Morgan fingerprint density at radius 3 is 1.06 bits per heavy atom. The molecule has 0 atom stereocenters. The van der Waals surface area contributed by atoms with Gasteiger partial charge in [-0.2, -0.15) is 21.0 Å². The van der Waals surface area contributed by atoms with Gasteiger partial charge in [-0.05, 0) is 0 Å². The lowest BCUT2D eigenvalue weighted by Gasteiger charge is -1.88. The van der Waals surface area contributed by atoms with E-state index in [4.69, 9.17) is 21.0 Å². The van der Waals surface area contributed by atoms with E-state index in [2.05, 4.69) is 0 Å². The van der Waals surface area contributed by atoms with Gasteiger partial charge in [0.25, 0.3) is 0 Å². The first kappa shape index (κ1) is 11.0. The van der Waals surface area contributed by atoms with Crippen LogP contribution in [-0.4, -0.2) is 0 Å². The van der Waals surface area contributed by atoms with Crippen LogP contribution < -0.4 is 10.4 Å². The first-order chi connectivity index (χ1) is 7.76. The summed E-state index contributed by atoms with van der Waals surface area (Å²) in [5, 5.41) is 35.5. The summed E-state index contributed by atoms with van der Waals surface area (Å²) in [6, 6.07) is 13.2. The van der Waals surface area contributed by atoms with Crippen molar-refractivity contribution in [3.05, 3.63) is 34.7 Å². The molecule has 1 rings (SSSR count). The quantitative estimate of drug-likeness (QED) is 0.561. The summed E-state index contributed by atoms with van der Waals surface area (Å²) in [7, 11) is 0. The van der Waals surface area contributed by atoms with Crippen molar-refractivity contribution in [1.29, 1.82) is 21.0 Å². The largest absolute Gasteiger partial charge is 0.192 e. The van der Waals surface area contributed by atoms with Gasteiger partial charge in [0.1, 0.15) is 35.4 Å². The minimum Gasteiger partial charge on any atom is -0.192 e. The van der Waals surface area contributed by atoms with Crippen LogP contribution in [0.25, 0.3) is 11.1 Å². The fourth-order valence-corrected chi connectivity index (χ4v) is 1.11. The Labute approximate surface area is 91.8 Å². The predicted molar refractivity (Wildman–Crippen MR) is 55.0 cm³/mol. The van der Waals surface area contributed by atoms with Crippen LogP contribution in [0.5, 0.6) is 0 Å². The zero-order chi connectivity index (χ0) is 12.0. The summed E-state index contributed by atoms with van der Waals surface area (Å²) in [5.74, 6) is 0. The van der Waals surface area contributed by atoms with Crippen molar-refractivity contribution < 1.29 is 0 Å². The Morgan fingerprint density at radius 1 is 0.625 bits per heavy atom. The van der Waals surface area contributed by atoms with Crippen molar-refractivity contribution in [2.45, 2.75) is 0 Å². The number of benzene rings is 1. The Hall–Kier alpha value is -3.08. The van der Waals surface area contributed by atoms with Crippen LogP contribution in [0.15, 0.2) is 24.3 Å². The molecule has 4 nitrogen and oxygen atoms in total. The SMILES string of the molecule is N#CC(C#N)=c1ccc(=C([13C]#N)[13C]#N)cc1. The molecule has 0 saturated carbocycles. The van der Waals surface area contributed by atoms with E-state index in [1.54, 1.807) is 24.3 Å². The number of nitriles is 4. The lowest BCUT2D eigenvalue weighted by Crippen LogP contribution is -2.11. The molecule has 0 amide bonds. The average Bonchev–Trinajstić information content (AvgIpc) is 2.34. The first-order valence-electron chi connectivity index (χ1n) is 4.22. The van der Waals surface area contributed by atoms with E-state index in [-0.39, 0.29) is 11.1 Å². The standard InChI is InChI=1S/C12H4N4/c13-5-11(6-14)9-1-2-10(4-3-9)12(7-15)8-16/h1-4H/i5+1,6+1. The van der Waals surface area contributed by atoms with Crippen LogP contribution in [0.4, 0.5) is 0 Å². The molecule has 0 spiro atoms. The molecular weight excluding hydrogens is 202 g/mol. The fraction of sp³-hybridized carbons (Fsp3) is 0. The molecule has 0 aromatic heterocycles. The minimum atomic E-state index is 0.00187. The van der Waals surface area contributed by atoms with Crippen molar-refractivity contribution >= 4 is 11.1 Å². The molecule has 0 aliphatic carbocycles. The van der Waals surface area contributed by atoms with Gasteiger partial charge in [-0.1, -0.05) is 24.3 Å². The highest BCUT2D eigenvalue weighted by molar-refractivity contribution is 5.74. The molecule has 0 heterocycles. The van der Waals surface area contributed by atoms with E-state index >= 15 is 0 Å². The summed E-state index contributed by atoms with van der Waals surface area (Å²) in [4.78, 5) is 0. The maximum atomic E-state index is 8.63. The highest BCUT2D eigenvalue weighted by atomic mass is 14.5. The van der Waals surface area contributed by atoms with Crippen molar-refractivity contribution in [1.82, 2.24) is 0 Å². The van der Waals surface area contributed by atoms with Crippen LogP contribution >= 0.6 is 0 Å².